The van der Waals surface area contributed by atoms with Crippen LogP contribution in [-0.4, -0.2) is 46.9 Å². The van der Waals surface area contributed by atoms with E-state index in [1.807, 2.05) is 12.2 Å². The molecule has 0 aliphatic carbocycles. The van der Waals surface area contributed by atoms with Gasteiger partial charge in [-0.15, -0.1) is 0 Å². The lowest BCUT2D eigenvalue weighted by molar-refractivity contribution is -0.150. The van der Waals surface area contributed by atoms with E-state index in [0.29, 0.717) is 19.3 Å². The lowest BCUT2D eigenvalue weighted by atomic mass is 10.0. The Morgan fingerprint density at radius 1 is 0.484 bits per heavy atom. The molecule has 0 aliphatic heterocycles. The number of unbranched alkanes of at least 4 members (excludes halogenated alkanes) is 26. The third kappa shape index (κ3) is 45.9. The van der Waals surface area contributed by atoms with Gasteiger partial charge in [-0.05, 0) is 70.6 Å². The lowest BCUT2D eigenvalue weighted by Crippen LogP contribution is -2.46. The van der Waals surface area contributed by atoms with Gasteiger partial charge in [0.25, 0.3) is 0 Å². The van der Waals surface area contributed by atoms with Crippen molar-refractivity contribution >= 4 is 11.9 Å². The van der Waals surface area contributed by atoms with E-state index < -0.39 is 18.2 Å². The van der Waals surface area contributed by atoms with Crippen molar-refractivity contribution in [3.63, 3.8) is 0 Å². The summed E-state index contributed by atoms with van der Waals surface area (Å²) in [4.78, 5) is 26.1. The van der Waals surface area contributed by atoms with Crippen molar-refractivity contribution < 1.29 is 24.5 Å². The summed E-state index contributed by atoms with van der Waals surface area (Å²) in [6.45, 7) is 6.42. The first-order valence-electron chi connectivity index (χ1n) is 27.2. The van der Waals surface area contributed by atoms with Gasteiger partial charge in [0, 0.05) is 12.8 Å². The van der Waals surface area contributed by atoms with Crippen LogP contribution < -0.4 is 5.32 Å². The molecule has 0 bridgehead atoms. The zero-order valence-electron chi connectivity index (χ0n) is 42.1. The molecule has 0 saturated heterocycles. The van der Waals surface area contributed by atoms with E-state index in [2.05, 4.69) is 86.8 Å². The van der Waals surface area contributed by atoms with E-state index >= 15 is 0 Å². The largest absolute Gasteiger partial charge is 0.461 e. The van der Waals surface area contributed by atoms with Crippen molar-refractivity contribution in [3.05, 3.63) is 72.9 Å². The molecular weight excluding hydrogens is 791 g/mol. The average molecular weight is 894 g/mol. The van der Waals surface area contributed by atoms with Gasteiger partial charge in [0.1, 0.15) is 6.10 Å². The van der Waals surface area contributed by atoms with Crippen LogP contribution in [-0.2, 0) is 14.3 Å². The summed E-state index contributed by atoms with van der Waals surface area (Å²) in [6.07, 6.45) is 65.5. The molecule has 6 nitrogen and oxygen atoms in total. The molecule has 0 radical (unpaired) electrons. The fourth-order valence-electron chi connectivity index (χ4n) is 7.87. The molecule has 3 N–H and O–H groups in total. The summed E-state index contributed by atoms with van der Waals surface area (Å²) < 4.78 is 5.87. The summed E-state index contributed by atoms with van der Waals surface area (Å²) in [5, 5.41) is 23.8. The zero-order chi connectivity index (χ0) is 46.7. The molecule has 370 valence electrons. The first-order chi connectivity index (χ1) is 31.5. The van der Waals surface area contributed by atoms with Crippen LogP contribution in [0.25, 0.3) is 0 Å². The van der Waals surface area contributed by atoms with Crippen LogP contribution in [0.5, 0.6) is 0 Å². The number of carbonyl (C=O) groups excluding carboxylic acids is 2. The molecule has 0 saturated carbocycles. The summed E-state index contributed by atoms with van der Waals surface area (Å²) in [6, 6.07) is -0.739. The Kier molecular flexibility index (Phi) is 49.1. The molecule has 0 aromatic rings. The Hall–Kier alpha value is -2.70. The van der Waals surface area contributed by atoms with E-state index in [1.54, 1.807) is 0 Å². The number of allylic oxidation sites excluding steroid dienone is 11. The molecular formula is C58H103NO5. The van der Waals surface area contributed by atoms with Crippen molar-refractivity contribution in [2.45, 2.75) is 277 Å². The van der Waals surface area contributed by atoms with Gasteiger partial charge in [-0.2, -0.15) is 0 Å². The Bertz CT molecular complexity index is 1190. The predicted octanol–water partition coefficient (Wildman–Crippen LogP) is 16.6. The van der Waals surface area contributed by atoms with Crippen LogP contribution >= 0.6 is 0 Å². The molecule has 6 heteroatoms. The molecule has 0 fully saturated rings. The van der Waals surface area contributed by atoms with Gasteiger partial charge < -0.3 is 20.3 Å². The molecule has 0 aromatic heterocycles. The van der Waals surface area contributed by atoms with E-state index in [9.17, 15) is 19.8 Å². The molecule has 3 unspecified atom stereocenters. The summed E-state index contributed by atoms with van der Waals surface area (Å²) in [5.41, 5.74) is 0. The van der Waals surface area contributed by atoms with Crippen molar-refractivity contribution in [1.29, 1.82) is 0 Å². The second kappa shape index (κ2) is 51.3. The van der Waals surface area contributed by atoms with Crippen LogP contribution in [0.15, 0.2) is 72.9 Å². The summed E-state index contributed by atoms with van der Waals surface area (Å²) >= 11 is 0. The third-order valence-corrected chi connectivity index (χ3v) is 12.0. The number of aliphatic hydroxyl groups excluding tert-OH is 2. The molecule has 0 rings (SSSR count). The number of hydrogen-bond acceptors (Lipinski definition) is 5. The highest BCUT2D eigenvalue weighted by molar-refractivity contribution is 5.77. The molecule has 0 spiro atoms. The maximum Gasteiger partial charge on any atom is 0.306 e. The molecule has 3 atom stereocenters. The highest BCUT2D eigenvalue weighted by Crippen LogP contribution is 2.16. The van der Waals surface area contributed by atoms with Gasteiger partial charge in [0.15, 0.2) is 0 Å². The Morgan fingerprint density at radius 3 is 1.38 bits per heavy atom. The number of amides is 1. The van der Waals surface area contributed by atoms with E-state index in [4.69, 9.17) is 4.74 Å². The highest BCUT2D eigenvalue weighted by Gasteiger charge is 2.23. The van der Waals surface area contributed by atoms with Crippen molar-refractivity contribution in [2.75, 3.05) is 6.61 Å². The van der Waals surface area contributed by atoms with Crippen LogP contribution in [0.3, 0.4) is 0 Å². The van der Waals surface area contributed by atoms with Gasteiger partial charge in [-0.3, -0.25) is 9.59 Å². The lowest BCUT2D eigenvalue weighted by Gasteiger charge is -2.24. The molecule has 0 aliphatic rings. The second-order valence-electron chi connectivity index (χ2n) is 18.3. The van der Waals surface area contributed by atoms with Gasteiger partial charge in [-0.1, -0.05) is 241 Å². The number of ether oxygens (including phenoxy) is 1. The quantitative estimate of drug-likeness (QED) is 0.0245. The Morgan fingerprint density at radius 2 is 0.875 bits per heavy atom. The minimum absolute atomic E-state index is 0.0108. The maximum atomic E-state index is 13.2. The van der Waals surface area contributed by atoms with Crippen LogP contribution in [0.4, 0.5) is 0 Å². The number of nitrogens with one attached hydrogen (secondary N) is 1. The van der Waals surface area contributed by atoms with E-state index in [-0.39, 0.29) is 24.9 Å². The third-order valence-electron chi connectivity index (χ3n) is 12.0. The maximum absolute atomic E-state index is 13.2. The minimum Gasteiger partial charge on any atom is -0.461 e. The SMILES string of the molecule is CCCCC/C=C\C/C=C\C/C=C\C/C=C\CC(CC(=O)NC(CO)C(O)CCCCCCCCCCCCCCCC)OC(=O)CCCCC/C=C/C=C/CCCCCCCCC. The number of hydrogen-bond donors (Lipinski definition) is 3. The topological polar surface area (TPSA) is 95.9 Å². The van der Waals surface area contributed by atoms with Crippen LogP contribution in [0.2, 0.25) is 0 Å². The van der Waals surface area contributed by atoms with Gasteiger partial charge in [0.2, 0.25) is 5.91 Å². The van der Waals surface area contributed by atoms with Crippen LogP contribution in [0, 0.1) is 0 Å². The smallest absolute Gasteiger partial charge is 0.306 e. The number of esters is 1. The zero-order valence-corrected chi connectivity index (χ0v) is 42.1. The number of carbonyl (C=O) groups is 2. The average Bonchev–Trinajstić information content (AvgIpc) is 3.29. The first kappa shape index (κ1) is 61.3. The van der Waals surface area contributed by atoms with E-state index in [1.165, 1.54) is 141 Å². The van der Waals surface area contributed by atoms with Crippen LogP contribution in [0.1, 0.15) is 258 Å². The Labute approximate surface area is 396 Å². The fourth-order valence-corrected chi connectivity index (χ4v) is 7.87. The Balaban J connectivity index is 4.74. The standard InChI is InChI=1S/C58H103NO5/c1-4-7-10-13-16-19-22-25-28-30-33-36-39-42-45-48-51-58(63)64-54(49-46-43-40-37-34-31-29-26-23-20-17-14-11-8-5-2)52-57(62)59-55(53-60)56(61)50-47-44-41-38-35-32-27-24-21-18-15-12-9-6-3/h17,20,26,28-30,33-34,36-37,43,46,54-56,60-61H,4-16,18-19,21-25,27,31-32,35,38-42,44-45,47-53H2,1-3H3,(H,59,62)/b20-17-,29-26-,30-28+,36-33+,37-34-,46-43-. The fraction of sp³-hybridized carbons (Fsp3) is 0.759. The van der Waals surface area contributed by atoms with Gasteiger partial charge in [0.05, 0.1) is 25.2 Å². The van der Waals surface area contributed by atoms with Gasteiger partial charge >= 0.3 is 5.97 Å². The van der Waals surface area contributed by atoms with E-state index in [0.717, 1.165) is 70.6 Å². The molecule has 64 heavy (non-hydrogen) atoms. The first-order valence-corrected chi connectivity index (χ1v) is 27.2. The second-order valence-corrected chi connectivity index (χ2v) is 18.3. The number of aliphatic hydroxyl groups is 2. The predicted molar refractivity (Wildman–Crippen MR) is 278 cm³/mol. The normalized spacial score (nSPS) is 13.8. The summed E-state index contributed by atoms with van der Waals surface area (Å²) in [7, 11) is 0. The van der Waals surface area contributed by atoms with Crippen molar-refractivity contribution in [1.82, 2.24) is 5.32 Å². The van der Waals surface area contributed by atoms with Gasteiger partial charge in [-0.25, -0.2) is 0 Å². The van der Waals surface area contributed by atoms with Crippen molar-refractivity contribution in [3.8, 4) is 0 Å². The summed E-state index contributed by atoms with van der Waals surface area (Å²) in [5.74, 6) is -0.606. The van der Waals surface area contributed by atoms with Crippen molar-refractivity contribution in [2.24, 2.45) is 0 Å². The monoisotopic (exact) mass is 894 g/mol. The molecule has 0 aromatic carbocycles. The minimum atomic E-state index is -0.818. The number of rotatable bonds is 48. The molecule has 1 amide bonds. The molecule has 0 heterocycles. The highest BCUT2D eigenvalue weighted by atomic mass is 16.5.